The first-order chi connectivity index (χ1) is 17.4. The van der Waals surface area contributed by atoms with E-state index in [4.69, 9.17) is 14.2 Å². The maximum Gasteiger partial charge on any atom is 0.414 e. The van der Waals surface area contributed by atoms with Crippen molar-refractivity contribution in [3.05, 3.63) is 54.0 Å². The Balaban J connectivity index is 1.17. The van der Waals surface area contributed by atoms with Crippen LogP contribution in [0, 0.1) is 5.82 Å². The number of hydrogen-bond donors (Lipinski definition) is 3. The predicted octanol–water partition coefficient (Wildman–Crippen LogP) is 2.58. The van der Waals surface area contributed by atoms with Gasteiger partial charge in [-0.3, -0.25) is 14.7 Å². The van der Waals surface area contributed by atoms with Crippen molar-refractivity contribution in [3.8, 4) is 11.5 Å². The molecule has 1 fully saturated rings. The van der Waals surface area contributed by atoms with Gasteiger partial charge in [0.15, 0.2) is 6.61 Å². The Kier molecular flexibility index (Phi) is 6.57. The molecule has 0 spiro atoms. The van der Waals surface area contributed by atoms with Gasteiger partial charge in [0.25, 0.3) is 5.91 Å². The molecule has 3 aromatic rings. The Hall–Kier alpha value is -3.96. The second-order valence-corrected chi connectivity index (χ2v) is 8.62. The number of nitrogens with zero attached hydrogens (tertiary/aromatic N) is 2. The predicted molar refractivity (Wildman–Crippen MR) is 129 cm³/mol. The number of hydrogen-bond acceptors (Lipinski definition) is 8. The van der Waals surface area contributed by atoms with Gasteiger partial charge in [-0.25, -0.2) is 9.18 Å². The topological polar surface area (TPSA) is 122 Å². The lowest BCUT2D eigenvalue weighted by atomic mass is 10.1. The van der Waals surface area contributed by atoms with E-state index in [9.17, 15) is 19.1 Å². The molecule has 0 bridgehead atoms. The first-order valence-corrected chi connectivity index (χ1v) is 11.5. The van der Waals surface area contributed by atoms with Gasteiger partial charge in [-0.2, -0.15) is 0 Å². The van der Waals surface area contributed by atoms with Crippen LogP contribution < -0.4 is 25.0 Å². The molecule has 2 aliphatic rings. The SMILES string of the molecule is COc1ccc2ncc(F)c(CNCC(O)CC3CN(c4ccc5c(c4)NC(=O)CO5)C(=O)O3)c2c1. The quantitative estimate of drug-likeness (QED) is 0.435. The molecule has 36 heavy (non-hydrogen) atoms. The highest BCUT2D eigenvalue weighted by Crippen LogP contribution is 2.34. The molecule has 2 amide bonds. The molecular formula is C25H25FN4O6. The summed E-state index contributed by atoms with van der Waals surface area (Å²) in [4.78, 5) is 29.6. The molecule has 2 aliphatic heterocycles. The monoisotopic (exact) mass is 496 g/mol. The van der Waals surface area contributed by atoms with E-state index in [1.165, 1.54) is 18.2 Å². The van der Waals surface area contributed by atoms with Gasteiger partial charge < -0.3 is 30.0 Å². The second-order valence-electron chi connectivity index (χ2n) is 8.62. The summed E-state index contributed by atoms with van der Waals surface area (Å²) in [6, 6.07) is 10.3. The molecule has 1 saturated heterocycles. The first-order valence-electron chi connectivity index (χ1n) is 11.5. The molecular weight excluding hydrogens is 471 g/mol. The standard InChI is InChI=1S/C25H25FN4O6/c1-34-16-3-4-21-18(8-16)19(20(26)11-28-21)10-27-9-15(31)7-17-12-30(25(33)36-17)14-2-5-23-22(6-14)29-24(32)13-35-23/h2-6,8,11,15,17,27,31H,7,9-10,12-13H2,1H3,(H,29,32). The zero-order valence-electron chi connectivity index (χ0n) is 19.5. The largest absolute Gasteiger partial charge is 0.497 e. The molecule has 10 nitrogen and oxygen atoms in total. The summed E-state index contributed by atoms with van der Waals surface area (Å²) in [5.41, 5.74) is 2.10. The van der Waals surface area contributed by atoms with Crippen LogP contribution >= 0.6 is 0 Å². The van der Waals surface area contributed by atoms with E-state index >= 15 is 0 Å². The number of nitrogens with one attached hydrogen (secondary N) is 2. The van der Waals surface area contributed by atoms with Gasteiger partial charge in [-0.05, 0) is 36.4 Å². The molecule has 3 N–H and O–H groups in total. The van der Waals surface area contributed by atoms with Crippen molar-refractivity contribution in [3.63, 3.8) is 0 Å². The van der Waals surface area contributed by atoms with E-state index < -0.39 is 24.1 Å². The average molecular weight is 496 g/mol. The number of halogens is 1. The summed E-state index contributed by atoms with van der Waals surface area (Å²) in [5, 5.41) is 16.9. The summed E-state index contributed by atoms with van der Waals surface area (Å²) in [6.07, 6.45) is -0.522. The van der Waals surface area contributed by atoms with Crippen LogP contribution in [0.2, 0.25) is 0 Å². The Morgan fingerprint density at radius 3 is 3.00 bits per heavy atom. The van der Waals surface area contributed by atoms with Gasteiger partial charge in [-0.1, -0.05) is 0 Å². The van der Waals surface area contributed by atoms with Crippen LogP contribution in [0.1, 0.15) is 12.0 Å². The Morgan fingerprint density at radius 2 is 2.17 bits per heavy atom. The van der Waals surface area contributed by atoms with Crippen LogP contribution in [-0.4, -0.2) is 61.1 Å². The Labute approximate surface area is 206 Å². The Morgan fingerprint density at radius 1 is 1.31 bits per heavy atom. The molecule has 0 aliphatic carbocycles. The number of anilines is 2. The normalized spacial score (nSPS) is 17.9. The number of amides is 2. The highest BCUT2D eigenvalue weighted by Gasteiger charge is 2.34. The lowest BCUT2D eigenvalue weighted by Gasteiger charge is -2.21. The molecule has 0 radical (unpaired) electrons. The van der Waals surface area contributed by atoms with Crippen molar-refractivity contribution in [2.24, 2.45) is 0 Å². The summed E-state index contributed by atoms with van der Waals surface area (Å²) >= 11 is 0. The molecule has 188 valence electrons. The number of aliphatic hydroxyl groups is 1. The highest BCUT2D eigenvalue weighted by molar-refractivity contribution is 5.97. The summed E-state index contributed by atoms with van der Waals surface area (Å²) < 4.78 is 30.5. The van der Waals surface area contributed by atoms with Crippen LogP contribution in [-0.2, 0) is 16.1 Å². The van der Waals surface area contributed by atoms with Crippen LogP contribution in [0.15, 0.2) is 42.6 Å². The molecule has 2 aromatic carbocycles. The third-order valence-corrected chi connectivity index (χ3v) is 6.13. The molecule has 3 heterocycles. The summed E-state index contributed by atoms with van der Waals surface area (Å²) in [5.74, 6) is 0.402. The lowest BCUT2D eigenvalue weighted by molar-refractivity contribution is -0.118. The maximum atomic E-state index is 14.5. The number of methoxy groups -OCH3 is 1. The molecule has 1 aromatic heterocycles. The molecule has 11 heteroatoms. The maximum absolute atomic E-state index is 14.5. The van der Waals surface area contributed by atoms with Gasteiger partial charge in [0.05, 0.1) is 37.2 Å². The average Bonchev–Trinajstić information content (AvgIpc) is 3.24. The van der Waals surface area contributed by atoms with Gasteiger partial charge in [0, 0.05) is 36.1 Å². The third-order valence-electron chi connectivity index (χ3n) is 6.13. The van der Waals surface area contributed by atoms with Crippen molar-refractivity contribution >= 4 is 34.3 Å². The number of carbonyl (C=O) groups is 2. The van der Waals surface area contributed by atoms with E-state index in [0.717, 1.165) is 0 Å². The van der Waals surface area contributed by atoms with Crippen LogP contribution in [0.5, 0.6) is 11.5 Å². The number of cyclic esters (lactones) is 1. The summed E-state index contributed by atoms with van der Waals surface area (Å²) in [6.45, 7) is 0.537. The van der Waals surface area contributed by atoms with Crippen LogP contribution in [0.3, 0.4) is 0 Å². The molecule has 2 atom stereocenters. The minimum Gasteiger partial charge on any atom is -0.497 e. The fourth-order valence-corrected chi connectivity index (χ4v) is 4.35. The summed E-state index contributed by atoms with van der Waals surface area (Å²) in [7, 11) is 1.54. The highest BCUT2D eigenvalue weighted by atomic mass is 19.1. The number of fused-ring (bicyclic) bond motifs is 2. The number of aliphatic hydroxyl groups excluding tert-OH is 1. The first kappa shape index (κ1) is 23.8. The fourth-order valence-electron chi connectivity index (χ4n) is 4.35. The minimum atomic E-state index is -0.829. The number of benzene rings is 2. The third kappa shape index (κ3) is 4.88. The van der Waals surface area contributed by atoms with Crippen LogP contribution in [0.4, 0.5) is 20.6 Å². The number of carbonyl (C=O) groups excluding carboxylic acids is 2. The second kappa shape index (κ2) is 9.96. The molecule has 5 rings (SSSR count). The minimum absolute atomic E-state index is 0.0513. The van der Waals surface area contributed by atoms with Crippen molar-refractivity contribution in [2.45, 2.75) is 25.2 Å². The molecule has 0 saturated carbocycles. The van der Waals surface area contributed by atoms with Gasteiger partial charge in [0.1, 0.15) is 23.4 Å². The Bertz CT molecular complexity index is 1320. The van der Waals surface area contributed by atoms with Crippen molar-refractivity contribution < 1.29 is 33.3 Å². The van der Waals surface area contributed by atoms with Crippen molar-refractivity contribution in [2.75, 3.05) is 37.0 Å². The number of ether oxygens (including phenoxy) is 3. The van der Waals surface area contributed by atoms with Gasteiger partial charge >= 0.3 is 6.09 Å². The van der Waals surface area contributed by atoms with E-state index in [1.54, 1.807) is 36.4 Å². The van der Waals surface area contributed by atoms with E-state index in [2.05, 4.69) is 15.6 Å². The van der Waals surface area contributed by atoms with Gasteiger partial charge in [0.2, 0.25) is 0 Å². The van der Waals surface area contributed by atoms with E-state index in [-0.39, 0.29) is 38.6 Å². The lowest BCUT2D eigenvalue weighted by Crippen LogP contribution is -2.31. The zero-order valence-corrected chi connectivity index (χ0v) is 19.5. The van der Waals surface area contributed by atoms with Crippen molar-refractivity contribution in [1.82, 2.24) is 10.3 Å². The van der Waals surface area contributed by atoms with E-state index in [1.807, 2.05) is 0 Å². The zero-order chi connectivity index (χ0) is 25.2. The number of pyridine rings is 1. The molecule has 2 unspecified atom stereocenters. The number of aromatic nitrogens is 1. The van der Waals surface area contributed by atoms with E-state index in [0.29, 0.717) is 39.3 Å². The van der Waals surface area contributed by atoms with Crippen molar-refractivity contribution in [1.29, 1.82) is 0 Å². The van der Waals surface area contributed by atoms with Gasteiger partial charge in [-0.15, -0.1) is 0 Å². The smallest absolute Gasteiger partial charge is 0.414 e. The van der Waals surface area contributed by atoms with Crippen LogP contribution in [0.25, 0.3) is 10.9 Å². The number of rotatable bonds is 8. The fraction of sp³-hybridized carbons (Fsp3) is 0.320.